The average molecular weight is 205 g/mol. The van der Waals surface area contributed by atoms with Crippen molar-refractivity contribution in [3.8, 4) is 12.3 Å². The molecule has 0 heterocycles. The molecule has 0 spiro atoms. The first-order chi connectivity index (χ1) is 7.13. The van der Waals surface area contributed by atoms with Crippen LogP contribution < -0.4 is 0 Å². The lowest BCUT2D eigenvalue weighted by molar-refractivity contribution is 0.287. The van der Waals surface area contributed by atoms with E-state index in [1.807, 2.05) is 19.2 Å². The van der Waals surface area contributed by atoms with Gasteiger partial charge in [-0.1, -0.05) is 18.1 Å². The summed E-state index contributed by atoms with van der Waals surface area (Å²) in [6, 6.07) is 6.98. The van der Waals surface area contributed by atoms with Crippen molar-refractivity contribution in [2.75, 3.05) is 13.6 Å². The Hall–Kier alpha value is -1.33. The second kappa shape index (κ2) is 5.53. The molecule has 0 aliphatic rings. The summed E-state index contributed by atoms with van der Waals surface area (Å²) in [7, 11) is 1.99. The molecule has 0 fully saturated rings. The summed E-state index contributed by atoms with van der Waals surface area (Å²) in [5.74, 6) is 2.42. The smallest absolute Gasteiger partial charge is 0.123 e. The third kappa shape index (κ3) is 3.73. The lowest BCUT2D eigenvalue weighted by atomic mass is 10.1. The van der Waals surface area contributed by atoms with Gasteiger partial charge in [0.1, 0.15) is 5.82 Å². The minimum absolute atomic E-state index is 0.191. The van der Waals surface area contributed by atoms with Crippen LogP contribution in [0.2, 0.25) is 0 Å². The Kier molecular flexibility index (Phi) is 4.33. The van der Waals surface area contributed by atoms with Gasteiger partial charge in [0.15, 0.2) is 0 Å². The Balaban J connectivity index is 2.55. The molecule has 1 aromatic rings. The minimum atomic E-state index is -0.191. The second-order valence-corrected chi connectivity index (χ2v) is 3.80. The number of halogens is 1. The fourth-order valence-corrected chi connectivity index (χ4v) is 1.42. The van der Waals surface area contributed by atoms with Crippen molar-refractivity contribution in [3.63, 3.8) is 0 Å². The van der Waals surface area contributed by atoms with E-state index in [1.54, 1.807) is 0 Å². The van der Waals surface area contributed by atoms with Crippen LogP contribution in [0.15, 0.2) is 24.3 Å². The third-order valence-electron chi connectivity index (χ3n) is 2.54. The first-order valence-electron chi connectivity index (χ1n) is 5.01. The molecule has 1 atom stereocenters. The fourth-order valence-electron chi connectivity index (χ4n) is 1.42. The summed E-state index contributed by atoms with van der Waals surface area (Å²) >= 11 is 0. The predicted octanol–water partition coefficient (Wildman–Crippen LogP) is 2.32. The van der Waals surface area contributed by atoms with Crippen LogP contribution in [0, 0.1) is 18.2 Å². The first-order valence-corrected chi connectivity index (χ1v) is 5.01. The van der Waals surface area contributed by atoms with Crippen LogP contribution in [0.5, 0.6) is 0 Å². The van der Waals surface area contributed by atoms with E-state index < -0.39 is 0 Å². The molecule has 0 N–H and O–H groups in total. The van der Waals surface area contributed by atoms with Crippen LogP contribution in [0.3, 0.4) is 0 Å². The second-order valence-electron chi connectivity index (χ2n) is 3.80. The van der Waals surface area contributed by atoms with Crippen LogP contribution in [0.4, 0.5) is 4.39 Å². The minimum Gasteiger partial charge on any atom is -0.292 e. The SMILES string of the molecule is C#CCN(C)[C@H](C)Cc1ccc(F)cc1. The monoisotopic (exact) mass is 205 g/mol. The van der Waals surface area contributed by atoms with Crippen molar-refractivity contribution in [2.24, 2.45) is 0 Å². The molecule has 0 unspecified atom stereocenters. The van der Waals surface area contributed by atoms with E-state index in [2.05, 4.69) is 17.7 Å². The summed E-state index contributed by atoms with van der Waals surface area (Å²) in [5, 5.41) is 0. The number of hydrogen-bond acceptors (Lipinski definition) is 1. The van der Waals surface area contributed by atoms with Gasteiger partial charge in [0.2, 0.25) is 0 Å². The van der Waals surface area contributed by atoms with E-state index in [1.165, 1.54) is 12.1 Å². The van der Waals surface area contributed by atoms with Gasteiger partial charge in [-0.15, -0.1) is 6.42 Å². The normalized spacial score (nSPS) is 12.5. The van der Waals surface area contributed by atoms with Gasteiger partial charge in [-0.3, -0.25) is 4.90 Å². The van der Waals surface area contributed by atoms with Gasteiger partial charge < -0.3 is 0 Å². The van der Waals surface area contributed by atoms with E-state index in [4.69, 9.17) is 6.42 Å². The molecule has 0 bridgehead atoms. The molecule has 0 amide bonds. The summed E-state index contributed by atoms with van der Waals surface area (Å²) in [6.07, 6.45) is 6.13. The summed E-state index contributed by atoms with van der Waals surface area (Å²) in [4.78, 5) is 2.10. The largest absolute Gasteiger partial charge is 0.292 e. The molecule has 1 rings (SSSR count). The summed E-state index contributed by atoms with van der Waals surface area (Å²) < 4.78 is 12.7. The number of hydrogen-bond donors (Lipinski definition) is 0. The van der Waals surface area contributed by atoms with E-state index in [0.29, 0.717) is 12.6 Å². The molecular formula is C13H16FN. The van der Waals surface area contributed by atoms with Crippen LogP contribution >= 0.6 is 0 Å². The Morgan fingerprint density at radius 3 is 2.53 bits per heavy atom. The van der Waals surface area contributed by atoms with Crippen molar-refractivity contribution in [1.29, 1.82) is 0 Å². The van der Waals surface area contributed by atoms with Crippen molar-refractivity contribution in [1.82, 2.24) is 4.90 Å². The fraction of sp³-hybridized carbons (Fsp3) is 0.385. The van der Waals surface area contributed by atoms with Crippen molar-refractivity contribution in [3.05, 3.63) is 35.6 Å². The number of rotatable bonds is 4. The summed E-state index contributed by atoms with van der Waals surface area (Å²) in [6.45, 7) is 2.75. The van der Waals surface area contributed by atoms with Gasteiger partial charge in [-0.2, -0.15) is 0 Å². The number of benzene rings is 1. The molecule has 0 aliphatic heterocycles. The molecule has 0 saturated carbocycles. The highest BCUT2D eigenvalue weighted by molar-refractivity contribution is 5.17. The zero-order chi connectivity index (χ0) is 11.3. The molecule has 1 nitrogen and oxygen atoms in total. The van der Waals surface area contributed by atoms with Gasteiger partial charge >= 0.3 is 0 Å². The molecule has 0 aromatic heterocycles. The predicted molar refractivity (Wildman–Crippen MR) is 61.0 cm³/mol. The van der Waals surface area contributed by atoms with Gasteiger partial charge in [0.05, 0.1) is 6.54 Å². The molecule has 0 radical (unpaired) electrons. The van der Waals surface area contributed by atoms with Gasteiger partial charge in [0.25, 0.3) is 0 Å². The zero-order valence-electron chi connectivity index (χ0n) is 9.20. The van der Waals surface area contributed by atoms with Crippen LogP contribution in [0.1, 0.15) is 12.5 Å². The van der Waals surface area contributed by atoms with Crippen molar-refractivity contribution < 1.29 is 4.39 Å². The quantitative estimate of drug-likeness (QED) is 0.682. The third-order valence-corrected chi connectivity index (χ3v) is 2.54. The van der Waals surface area contributed by atoms with Crippen LogP contribution in [0.25, 0.3) is 0 Å². The van der Waals surface area contributed by atoms with E-state index >= 15 is 0 Å². The molecular weight excluding hydrogens is 189 g/mol. The molecule has 0 aliphatic carbocycles. The standard InChI is InChI=1S/C13H16FN/c1-4-9-15(3)11(2)10-12-5-7-13(14)8-6-12/h1,5-8,11H,9-10H2,2-3H3/t11-/m1/s1. The van der Waals surface area contributed by atoms with Gasteiger partial charge in [-0.25, -0.2) is 4.39 Å². The van der Waals surface area contributed by atoms with Crippen molar-refractivity contribution >= 4 is 0 Å². The summed E-state index contributed by atoms with van der Waals surface area (Å²) in [5.41, 5.74) is 1.13. The number of likely N-dealkylation sites (N-methyl/N-ethyl adjacent to an activating group) is 1. The molecule has 15 heavy (non-hydrogen) atoms. The number of nitrogens with zero attached hydrogens (tertiary/aromatic N) is 1. The molecule has 1 aromatic carbocycles. The van der Waals surface area contributed by atoms with Gasteiger partial charge in [0, 0.05) is 6.04 Å². The lowest BCUT2D eigenvalue weighted by Gasteiger charge is -2.22. The molecule has 80 valence electrons. The Bertz CT molecular complexity index is 337. The molecule has 0 saturated heterocycles. The Morgan fingerprint density at radius 1 is 1.40 bits per heavy atom. The highest BCUT2D eigenvalue weighted by atomic mass is 19.1. The zero-order valence-corrected chi connectivity index (χ0v) is 9.20. The maximum Gasteiger partial charge on any atom is 0.123 e. The highest BCUT2D eigenvalue weighted by Crippen LogP contribution is 2.08. The van der Waals surface area contributed by atoms with Crippen molar-refractivity contribution in [2.45, 2.75) is 19.4 Å². The van der Waals surface area contributed by atoms with E-state index in [0.717, 1.165) is 12.0 Å². The van der Waals surface area contributed by atoms with Crippen LogP contribution in [-0.4, -0.2) is 24.5 Å². The first kappa shape index (κ1) is 11.7. The van der Waals surface area contributed by atoms with Crippen LogP contribution in [-0.2, 0) is 6.42 Å². The maximum absolute atomic E-state index is 12.7. The van der Waals surface area contributed by atoms with E-state index in [-0.39, 0.29) is 5.82 Å². The lowest BCUT2D eigenvalue weighted by Crippen LogP contribution is -2.31. The number of terminal acetylenes is 1. The highest BCUT2D eigenvalue weighted by Gasteiger charge is 2.08. The Morgan fingerprint density at radius 2 is 2.00 bits per heavy atom. The molecule has 2 heteroatoms. The maximum atomic E-state index is 12.7. The Labute approximate surface area is 90.9 Å². The van der Waals surface area contributed by atoms with E-state index in [9.17, 15) is 4.39 Å². The average Bonchev–Trinajstić information content (AvgIpc) is 2.22. The van der Waals surface area contributed by atoms with Gasteiger partial charge in [-0.05, 0) is 38.1 Å². The topological polar surface area (TPSA) is 3.24 Å².